The quantitative estimate of drug-likeness (QED) is 0.180. The number of hydrogen-bond acceptors (Lipinski definition) is 3. The molecule has 0 aliphatic rings. The first-order valence-corrected chi connectivity index (χ1v) is 9.99. The van der Waals surface area contributed by atoms with Gasteiger partial charge in [-0.25, -0.2) is 13.8 Å². The summed E-state index contributed by atoms with van der Waals surface area (Å²) in [6, 6.07) is 15.7. The Bertz CT molecular complexity index is 1380. The second-order valence-electron chi connectivity index (χ2n) is 7.15. The molecule has 0 saturated heterocycles. The molecule has 2 heterocycles. The highest BCUT2D eigenvalue weighted by Gasteiger charge is 2.31. The maximum Gasteiger partial charge on any atom is 0.416 e. The zero-order chi connectivity index (χ0) is 23.4. The summed E-state index contributed by atoms with van der Waals surface area (Å²) in [4.78, 5) is 18.0. The second kappa shape index (κ2) is 9.23. The van der Waals surface area contributed by atoms with Crippen molar-refractivity contribution in [3.05, 3.63) is 101 Å². The smallest absolute Gasteiger partial charge is 0.354 e. The lowest BCUT2D eigenvalue weighted by Crippen LogP contribution is -2.43. The molecule has 0 N–H and O–H groups in total. The molecular weight excluding hydrogens is 438 g/mol. The van der Waals surface area contributed by atoms with Gasteiger partial charge in [-0.1, -0.05) is 35.5 Å². The van der Waals surface area contributed by atoms with Crippen LogP contribution in [0.1, 0.15) is 12.0 Å². The van der Waals surface area contributed by atoms with E-state index in [-0.39, 0.29) is 16.9 Å². The summed E-state index contributed by atoms with van der Waals surface area (Å²) in [6.45, 7) is 0.351. The van der Waals surface area contributed by atoms with Crippen LogP contribution in [-0.4, -0.2) is 10.8 Å². The molecule has 5 nitrogen and oxygen atoms in total. The number of halogens is 4. The van der Waals surface area contributed by atoms with Gasteiger partial charge in [0, 0.05) is 18.7 Å². The number of nitrogens with zero attached hydrogens (tertiary/aromatic N) is 3. The third kappa shape index (κ3) is 4.92. The number of para-hydroxylation sites is 1. The Labute approximate surface area is 185 Å². The van der Waals surface area contributed by atoms with Crippen molar-refractivity contribution in [1.29, 1.82) is 0 Å². The second-order valence-corrected chi connectivity index (χ2v) is 7.15. The number of fused-ring (bicyclic) bond motifs is 1. The van der Waals surface area contributed by atoms with Gasteiger partial charge in [-0.05, 0) is 35.9 Å². The van der Waals surface area contributed by atoms with E-state index in [1.165, 1.54) is 47.1 Å². The molecule has 4 rings (SSSR count). The molecule has 0 amide bonds. The third-order valence-corrected chi connectivity index (χ3v) is 4.93. The molecule has 0 unspecified atom stereocenters. The Morgan fingerprint density at radius 3 is 2.61 bits per heavy atom. The highest BCUT2D eigenvalue weighted by molar-refractivity contribution is 5.63. The van der Waals surface area contributed by atoms with Gasteiger partial charge in [0.25, 0.3) is 5.65 Å². The van der Waals surface area contributed by atoms with E-state index in [9.17, 15) is 22.4 Å². The molecule has 0 atom stereocenters. The number of hydrogen-bond donors (Lipinski definition) is 0. The fourth-order valence-electron chi connectivity index (χ4n) is 3.35. The highest BCUT2D eigenvalue weighted by Crippen LogP contribution is 2.31. The lowest BCUT2D eigenvalue weighted by molar-refractivity contribution is -0.531. The molecule has 2 aromatic heterocycles. The Kier molecular flexibility index (Phi) is 6.21. The highest BCUT2D eigenvalue weighted by atomic mass is 19.4. The van der Waals surface area contributed by atoms with E-state index in [1.807, 2.05) is 0 Å². The van der Waals surface area contributed by atoms with Gasteiger partial charge in [0.1, 0.15) is 11.8 Å². The van der Waals surface area contributed by atoms with Crippen LogP contribution in [0.2, 0.25) is 0 Å². The molecule has 0 aliphatic heterocycles. The van der Waals surface area contributed by atoms with E-state index >= 15 is 0 Å². The van der Waals surface area contributed by atoms with Crippen molar-refractivity contribution < 1.29 is 26.8 Å². The summed E-state index contributed by atoms with van der Waals surface area (Å²) in [6.07, 6.45) is 0.380. The summed E-state index contributed by atoms with van der Waals surface area (Å²) in [7, 11) is 0. The molecule has 33 heavy (non-hydrogen) atoms. The Morgan fingerprint density at radius 1 is 1.03 bits per heavy atom. The van der Waals surface area contributed by atoms with Crippen molar-refractivity contribution in [3.63, 3.8) is 0 Å². The zero-order valence-electron chi connectivity index (χ0n) is 17.2. The molecule has 0 radical (unpaired) electrons. The Morgan fingerprint density at radius 2 is 1.82 bits per heavy atom. The first-order valence-electron chi connectivity index (χ1n) is 9.99. The fourth-order valence-corrected chi connectivity index (χ4v) is 3.35. The lowest BCUT2D eigenvalue weighted by atomic mass is 10.1. The molecule has 4 aromatic rings. The number of oxime groups is 1. The van der Waals surface area contributed by atoms with E-state index in [2.05, 4.69) is 5.16 Å². The van der Waals surface area contributed by atoms with Crippen molar-refractivity contribution in [2.45, 2.75) is 19.1 Å². The van der Waals surface area contributed by atoms with E-state index in [0.29, 0.717) is 18.6 Å². The minimum atomic E-state index is -4.52. The normalized spacial score (nSPS) is 11.9. The molecule has 168 valence electrons. The predicted molar refractivity (Wildman–Crippen MR) is 114 cm³/mol. The van der Waals surface area contributed by atoms with Gasteiger partial charge in [-0.15, -0.1) is 0 Å². The molecule has 0 spiro atoms. The van der Waals surface area contributed by atoms with Crippen molar-refractivity contribution in [2.75, 3.05) is 0 Å². The minimum absolute atomic E-state index is 0.00931. The van der Waals surface area contributed by atoms with Crippen LogP contribution in [0.4, 0.5) is 17.6 Å². The average Bonchev–Trinajstić information content (AvgIpc) is 2.81. The molecule has 9 heteroatoms. The van der Waals surface area contributed by atoms with Crippen LogP contribution in [-0.2, 0) is 12.7 Å². The topological polar surface area (TPSA) is 47.7 Å². The van der Waals surface area contributed by atoms with Crippen molar-refractivity contribution in [1.82, 2.24) is 4.57 Å². The van der Waals surface area contributed by atoms with Crippen LogP contribution < -0.4 is 14.8 Å². The predicted octanol–water partition coefficient (Wildman–Crippen LogP) is 4.87. The standard InChI is InChI=1S/C24H18F4N3O2/c25-20-9-1-2-10-21(20)33-29-12-6-13-30-16-19(23(32)31-14-4-3-11-22(30)31)17-7-5-8-18(15-17)24(26,27)28/h1-5,7-12,14-16H,6,13H2/q+1/b29-12-. The molecular formula is C24H18F4N3O2+. The van der Waals surface area contributed by atoms with Crippen LogP contribution in [0, 0.1) is 5.82 Å². The summed E-state index contributed by atoms with van der Waals surface area (Å²) >= 11 is 0. The maximum absolute atomic E-state index is 13.6. The van der Waals surface area contributed by atoms with Crippen LogP contribution in [0.15, 0.2) is 89.1 Å². The zero-order valence-corrected chi connectivity index (χ0v) is 17.2. The van der Waals surface area contributed by atoms with Gasteiger partial charge in [0.15, 0.2) is 11.6 Å². The number of benzene rings is 2. The van der Waals surface area contributed by atoms with Gasteiger partial charge < -0.3 is 4.84 Å². The first-order chi connectivity index (χ1) is 15.8. The van der Waals surface area contributed by atoms with E-state index < -0.39 is 23.1 Å². The summed E-state index contributed by atoms with van der Waals surface area (Å²) < 4.78 is 56.2. The van der Waals surface area contributed by atoms with Crippen molar-refractivity contribution in [2.24, 2.45) is 5.16 Å². The lowest BCUT2D eigenvalue weighted by Gasteiger charge is -2.09. The third-order valence-electron chi connectivity index (χ3n) is 4.93. The number of aromatic nitrogens is 2. The van der Waals surface area contributed by atoms with E-state index in [4.69, 9.17) is 4.84 Å². The molecule has 0 fully saturated rings. The number of pyridine rings is 1. The minimum Gasteiger partial charge on any atom is -0.354 e. The van der Waals surface area contributed by atoms with Crippen LogP contribution in [0.25, 0.3) is 16.8 Å². The largest absolute Gasteiger partial charge is 0.416 e. The SMILES string of the molecule is O=c1c(-c2cccc(C(F)(F)F)c2)cn(CC/C=N\Oc2ccccc2F)c2cccc[n+]12. The number of rotatable bonds is 6. The van der Waals surface area contributed by atoms with Crippen molar-refractivity contribution in [3.8, 4) is 16.9 Å². The van der Waals surface area contributed by atoms with Crippen LogP contribution in [0.5, 0.6) is 5.75 Å². The molecule has 0 aliphatic carbocycles. The van der Waals surface area contributed by atoms with Gasteiger partial charge in [0.05, 0.1) is 18.3 Å². The van der Waals surface area contributed by atoms with Crippen LogP contribution >= 0.6 is 0 Å². The first kappa shape index (κ1) is 22.2. The van der Waals surface area contributed by atoms with Crippen molar-refractivity contribution >= 4 is 11.9 Å². The number of aryl methyl sites for hydroxylation is 1. The summed E-state index contributed by atoms with van der Waals surface area (Å²) in [5.41, 5.74) is -0.413. The Balaban J connectivity index is 1.63. The average molecular weight is 456 g/mol. The maximum atomic E-state index is 13.6. The molecule has 2 aromatic carbocycles. The molecule has 0 bridgehead atoms. The molecule has 0 saturated carbocycles. The van der Waals surface area contributed by atoms with Gasteiger partial charge in [-0.3, -0.25) is 0 Å². The van der Waals surface area contributed by atoms with E-state index in [1.54, 1.807) is 35.0 Å². The Hall–Kier alpha value is -4.01. The van der Waals surface area contributed by atoms with Gasteiger partial charge in [-0.2, -0.15) is 17.6 Å². The summed E-state index contributed by atoms with van der Waals surface area (Å²) in [5, 5.41) is 3.76. The van der Waals surface area contributed by atoms with Crippen LogP contribution in [0.3, 0.4) is 0 Å². The van der Waals surface area contributed by atoms with Gasteiger partial charge >= 0.3 is 11.7 Å². The fraction of sp³-hybridized carbons (Fsp3) is 0.125. The number of alkyl halides is 3. The summed E-state index contributed by atoms with van der Waals surface area (Å²) in [5.74, 6) is -0.548. The van der Waals surface area contributed by atoms with Gasteiger partial charge in [0.2, 0.25) is 0 Å². The monoisotopic (exact) mass is 456 g/mol. The van der Waals surface area contributed by atoms with E-state index in [0.717, 1.165) is 12.1 Å².